The summed E-state index contributed by atoms with van der Waals surface area (Å²) in [4.78, 5) is 15.3. The van der Waals surface area contributed by atoms with Gasteiger partial charge in [-0.3, -0.25) is 0 Å². The van der Waals surface area contributed by atoms with Crippen LogP contribution in [0.15, 0.2) is 30.7 Å². The summed E-state index contributed by atoms with van der Waals surface area (Å²) in [6.07, 6.45) is 5.84. The second-order valence-electron chi connectivity index (χ2n) is 5.09. The number of anilines is 2. The fourth-order valence-electron chi connectivity index (χ4n) is 2.78. The van der Waals surface area contributed by atoms with Crippen molar-refractivity contribution in [2.24, 2.45) is 0 Å². The van der Waals surface area contributed by atoms with Gasteiger partial charge in [0, 0.05) is 31.5 Å². The molecular formula is C15H19N5. The van der Waals surface area contributed by atoms with Gasteiger partial charge >= 0.3 is 0 Å². The Morgan fingerprint density at radius 2 is 2.15 bits per heavy atom. The lowest BCUT2D eigenvalue weighted by molar-refractivity contribution is 0.709. The highest BCUT2D eigenvalue weighted by molar-refractivity contribution is 5.46. The lowest BCUT2D eigenvalue weighted by Crippen LogP contribution is -2.23. The van der Waals surface area contributed by atoms with E-state index in [0.29, 0.717) is 6.04 Å². The highest BCUT2D eigenvalue weighted by Crippen LogP contribution is 2.35. The van der Waals surface area contributed by atoms with Crippen molar-refractivity contribution >= 4 is 11.6 Å². The Labute approximate surface area is 119 Å². The van der Waals surface area contributed by atoms with Crippen molar-refractivity contribution in [3.63, 3.8) is 0 Å². The molecule has 0 aliphatic carbocycles. The molecule has 0 bridgehead atoms. The molecule has 1 atom stereocenters. The summed E-state index contributed by atoms with van der Waals surface area (Å²) in [5.41, 5.74) is 2.30. The smallest absolute Gasteiger partial charge is 0.132 e. The van der Waals surface area contributed by atoms with Crippen LogP contribution in [0, 0.1) is 6.92 Å². The average molecular weight is 269 g/mol. The van der Waals surface area contributed by atoms with E-state index in [-0.39, 0.29) is 0 Å². The molecule has 3 rings (SSSR count). The van der Waals surface area contributed by atoms with E-state index in [2.05, 4.69) is 43.4 Å². The summed E-state index contributed by atoms with van der Waals surface area (Å²) in [7, 11) is 1.90. The van der Waals surface area contributed by atoms with Crippen LogP contribution >= 0.6 is 0 Å². The van der Waals surface area contributed by atoms with Crippen molar-refractivity contribution in [2.45, 2.75) is 25.8 Å². The maximum absolute atomic E-state index is 4.42. The topological polar surface area (TPSA) is 53.9 Å². The van der Waals surface area contributed by atoms with Gasteiger partial charge in [-0.05, 0) is 37.5 Å². The van der Waals surface area contributed by atoms with Crippen LogP contribution in [-0.2, 0) is 0 Å². The number of pyridine rings is 1. The van der Waals surface area contributed by atoms with E-state index in [1.54, 1.807) is 6.33 Å². The lowest BCUT2D eigenvalue weighted by atomic mass is 10.1. The summed E-state index contributed by atoms with van der Waals surface area (Å²) in [6, 6.07) is 6.65. The summed E-state index contributed by atoms with van der Waals surface area (Å²) in [5, 5.41) is 3.10. The first-order valence-corrected chi connectivity index (χ1v) is 6.97. The molecule has 1 fully saturated rings. The lowest BCUT2D eigenvalue weighted by Gasteiger charge is -2.26. The van der Waals surface area contributed by atoms with Crippen LogP contribution in [0.1, 0.15) is 30.1 Å². The van der Waals surface area contributed by atoms with Gasteiger partial charge in [-0.15, -0.1) is 0 Å². The molecule has 20 heavy (non-hydrogen) atoms. The molecule has 1 saturated heterocycles. The average Bonchev–Trinajstić information content (AvgIpc) is 2.97. The molecule has 3 heterocycles. The Morgan fingerprint density at radius 1 is 1.25 bits per heavy atom. The van der Waals surface area contributed by atoms with Crippen LogP contribution in [0.25, 0.3) is 0 Å². The molecule has 1 aliphatic rings. The maximum atomic E-state index is 4.42. The number of hydrogen-bond donors (Lipinski definition) is 1. The number of nitrogens with zero attached hydrogens (tertiary/aromatic N) is 4. The summed E-state index contributed by atoms with van der Waals surface area (Å²) in [6.45, 7) is 3.04. The third-order valence-electron chi connectivity index (χ3n) is 3.76. The Morgan fingerprint density at radius 3 is 2.95 bits per heavy atom. The number of aryl methyl sites for hydroxylation is 1. The van der Waals surface area contributed by atoms with Gasteiger partial charge in [0.1, 0.15) is 18.0 Å². The second-order valence-corrected chi connectivity index (χ2v) is 5.09. The van der Waals surface area contributed by atoms with Crippen LogP contribution in [0.5, 0.6) is 0 Å². The first kappa shape index (κ1) is 12.8. The molecule has 104 valence electrons. The molecular weight excluding hydrogens is 250 g/mol. The Bertz CT molecular complexity index is 598. The molecule has 5 heteroatoms. The molecule has 1 N–H and O–H groups in total. The van der Waals surface area contributed by atoms with Crippen LogP contribution in [0.3, 0.4) is 0 Å². The van der Waals surface area contributed by atoms with Crippen molar-refractivity contribution < 1.29 is 0 Å². The Balaban J connectivity index is 1.92. The zero-order valence-electron chi connectivity index (χ0n) is 11.9. The number of hydrogen-bond acceptors (Lipinski definition) is 5. The van der Waals surface area contributed by atoms with Gasteiger partial charge in [0.15, 0.2) is 0 Å². The minimum absolute atomic E-state index is 0.374. The predicted molar refractivity (Wildman–Crippen MR) is 79.9 cm³/mol. The molecule has 0 spiro atoms. The van der Waals surface area contributed by atoms with Gasteiger partial charge in [0.2, 0.25) is 0 Å². The van der Waals surface area contributed by atoms with Crippen molar-refractivity contribution in [2.75, 3.05) is 23.8 Å². The molecule has 0 unspecified atom stereocenters. The maximum Gasteiger partial charge on any atom is 0.132 e. The van der Waals surface area contributed by atoms with E-state index >= 15 is 0 Å². The van der Waals surface area contributed by atoms with Gasteiger partial charge in [0.25, 0.3) is 0 Å². The second kappa shape index (κ2) is 5.45. The zero-order chi connectivity index (χ0) is 13.9. The Kier molecular flexibility index (Phi) is 3.50. The number of aromatic nitrogens is 3. The van der Waals surface area contributed by atoms with Crippen molar-refractivity contribution in [3.05, 3.63) is 42.0 Å². The normalized spacial score (nSPS) is 18.3. The van der Waals surface area contributed by atoms with E-state index in [4.69, 9.17) is 0 Å². The molecule has 2 aromatic rings. The van der Waals surface area contributed by atoms with E-state index < -0.39 is 0 Å². The molecule has 0 radical (unpaired) electrons. The molecule has 0 aromatic carbocycles. The SMILES string of the molecule is CNc1cc([C@@H]2CCCN2c2cc(C)ncn2)ccn1. The minimum Gasteiger partial charge on any atom is -0.373 e. The third kappa shape index (κ3) is 2.43. The summed E-state index contributed by atoms with van der Waals surface area (Å²) >= 11 is 0. The first-order chi connectivity index (χ1) is 9.78. The van der Waals surface area contributed by atoms with E-state index in [1.807, 2.05) is 20.2 Å². The van der Waals surface area contributed by atoms with Crippen LogP contribution in [-0.4, -0.2) is 28.5 Å². The molecule has 5 nitrogen and oxygen atoms in total. The Hall–Kier alpha value is -2.17. The largest absolute Gasteiger partial charge is 0.373 e. The number of rotatable bonds is 3. The van der Waals surface area contributed by atoms with E-state index in [0.717, 1.165) is 30.3 Å². The van der Waals surface area contributed by atoms with Gasteiger partial charge in [0.05, 0.1) is 6.04 Å². The van der Waals surface area contributed by atoms with Gasteiger partial charge < -0.3 is 10.2 Å². The van der Waals surface area contributed by atoms with Crippen molar-refractivity contribution in [1.82, 2.24) is 15.0 Å². The molecule has 1 aliphatic heterocycles. The monoisotopic (exact) mass is 269 g/mol. The fraction of sp³-hybridized carbons (Fsp3) is 0.400. The summed E-state index contributed by atoms with van der Waals surface area (Å²) in [5.74, 6) is 1.93. The zero-order valence-corrected chi connectivity index (χ0v) is 11.9. The highest BCUT2D eigenvalue weighted by atomic mass is 15.2. The molecule has 0 amide bonds. The third-order valence-corrected chi connectivity index (χ3v) is 3.76. The molecule has 2 aromatic heterocycles. The van der Waals surface area contributed by atoms with E-state index in [9.17, 15) is 0 Å². The van der Waals surface area contributed by atoms with Gasteiger partial charge in [-0.2, -0.15) is 0 Å². The minimum atomic E-state index is 0.374. The van der Waals surface area contributed by atoms with E-state index in [1.165, 1.54) is 12.0 Å². The molecule has 0 saturated carbocycles. The predicted octanol–water partition coefficient (Wildman–Crippen LogP) is 2.56. The van der Waals surface area contributed by atoms with Crippen molar-refractivity contribution in [3.8, 4) is 0 Å². The number of nitrogens with one attached hydrogen (secondary N) is 1. The summed E-state index contributed by atoms with van der Waals surface area (Å²) < 4.78 is 0. The van der Waals surface area contributed by atoms with Gasteiger partial charge in [-0.1, -0.05) is 0 Å². The van der Waals surface area contributed by atoms with Crippen LogP contribution in [0.2, 0.25) is 0 Å². The van der Waals surface area contributed by atoms with Crippen LogP contribution < -0.4 is 10.2 Å². The quantitative estimate of drug-likeness (QED) is 0.928. The van der Waals surface area contributed by atoms with Crippen molar-refractivity contribution in [1.29, 1.82) is 0 Å². The van der Waals surface area contributed by atoms with Gasteiger partial charge in [-0.25, -0.2) is 15.0 Å². The standard InChI is InChI=1S/C15H19N5/c1-11-8-15(19-10-18-11)20-7-3-4-13(20)12-5-6-17-14(9-12)16-2/h5-6,8-10,13H,3-4,7H2,1-2H3,(H,16,17)/t13-/m0/s1. The fourth-order valence-corrected chi connectivity index (χ4v) is 2.78. The first-order valence-electron chi connectivity index (χ1n) is 6.97. The van der Waals surface area contributed by atoms with Crippen LogP contribution in [0.4, 0.5) is 11.6 Å². The highest BCUT2D eigenvalue weighted by Gasteiger charge is 2.27.